The predicted molar refractivity (Wildman–Crippen MR) is 116 cm³/mol. The molecule has 0 unspecified atom stereocenters. The number of ether oxygens (including phenoxy) is 1. The van der Waals surface area contributed by atoms with Crippen LogP contribution in [0.2, 0.25) is 0 Å². The summed E-state index contributed by atoms with van der Waals surface area (Å²) < 4.78 is 5.50. The smallest absolute Gasteiger partial charge is 0.414 e. The van der Waals surface area contributed by atoms with E-state index in [1.807, 2.05) is 57.2 Å². The molecule has 2 aromatic rings. The van der Waals surface area contributed by atoms with Gasteiger partial charge in [-0.25, -0.2) is 4.79 Å². The number of nitrogens with zero attached hydrogens (tertiary/aromatic N) is 2. The van der Waals surface area contributed by atoms with E-state index in [-0.39, 0.29) is 11.4 Å². The average Bonchev–Trinajstić information content (AvgIpc) is 2.72. The number of para-hydroxylation sites is 1. The zero-order valence-electron chi connectivity index (χ0n) is 17.4. The second-order valence-corrected chi connectivity index (χ2v) is 8.09. The van der Waals surface area contributed by atoms with Crippen LogP contribution in [0.1, 0.15) is 43.1 Å². The largest absolute Gasteiger partial charge is 0.443 e. The van der Waals surface area contributed by atoms with Crippen LogP contribution in [0.15, 0.2) is 60.3 Å². The monoisotopic (exact) mass is 403 g/mol. The van der Waals surface area contributed by atoms with Gasteiger partial charge in [0.1, 0.15) is 17.2 Å². The molecule has 0 saturated heterocycles. The molecule has 1 aliphatic heterocycles. The van der Waals surface area contributed by atoms with Crippen LogP contribution < -0.4 is 10.2 Å². The number of carbonyl (C=O) groups is 2. The summed E-state index contributed by atoms with van der Waals surface area (Å²) in [6.45, 7) is 6.06. The van der Waals surface area contributed by atoms with Crippen LogP contribution in [0, 0.1) is 11.3 Å². The minimum Gasteiger partial charge on any atom is -0.443 e. The zero-order valence-corrected chi connectivity index (χ0v) is 17.4. The van der Waals surface area contributed by atoms with Gasteiger partial charge < -0.3 is 10.1 Å². The Morgan fingerprint density at radius 2 is 1.90 bits per heavy atom. The first-order chi connectivity index (χ1) is 14.3. The highest BCUT2D eigenvalue weighted by atomic mass is 16.6. The number of hydrogen-bond acceptors (Lipinski definition) is 5. The molecule has 1 amide bonds. The number of fused-ring (bicyclic) bond motifs is 1. The van der Waals surface area contributed by atoms with Crippen molar-refractivity contribution in [3.63, 3.8) is 0 Å². The summed E-state index contributed by atoms with van der Waals surface area (Å²) in [5.41, 5.74) is 2.28. The fourth-order valence-corrected chi connectivity index (χ4v) is 3.24. The van der Waals surface area contributed by atoms with Gasteiger partial charge >= 0.3 is 6.09 Å². The van der Waals surface area contributed by atoms with E-state index in [1.165, 1.54) is 6.20 Å². The lowest BCUT2D eigenvalue weighted by molar-refractivity contribution is 0.0577. The molecule has 1 aliphatic rings. The Morgan fingerprint density at radius 3 is 2.57 bits per heavy atom. The highest BCUT2D eigenvalue weighted by Crippen LogP contribution is 2.30. The van der Waals surface area contributed by atoms with Crippen molar-refractivity contribution in [3.8, 4) is 6.07 Å². The fourth-order valence-electron chi connectivity index (χ4n) is 3.24. The third kappa shape index (κ3) is 5.06. The average molecular weight is 403 g/mol. The Balaban J connectivity index is 1.82. The van der Waals surface area contributed by atoms with Gasteiger partial charge in [0.15, 0.2) is 0 Å². The fraction of sp³-hybridized carbons (Fsp3) is 0.292. The van der Waals surface area contributed by atoms with Crippen molar-refractivity contribution >= 4 is 23.3 Å². The first-order valence-electron chi connectivity index (χ1n) is 9.88. The van der Waals surface area contributed by atoms with E-state index in [2.05, 4.69) is 5.32 Å². The van der Waals surface area contributed by atoms with Crippen molar-refractivity contribution in [3.05, 3.63) is 71.4 Å². The van der Waals surface area contributed by atoms with Crippen molar-refractivity contribution in [2.75, 3.05) is 16.8 Å². The molecule has 1 heterocycles. The molecule has 0 atom stereocenters. The summed E-state index contributed by atoms with van der Waals surface area (Å²) in [7, 11) is 0. The maximum Gasteiger partial charge on any atom is 0.414 e. The van der Waals surface area contributed by atoms with Gasteiger partial charge in [0.25, 0.3) is 0 Å². The molecule has 0 aromatic heterocycles. The van der Waals surface area contributed by atoms with Gasteiger partial charge in [-0.15, -0.1) is 0 Å². The molecule has 2 aromatic carbocycles. The lowest BCUT2D eigenvalue weighted by Crippen LogP contribution is -2.39. The third-order valence-electron chi connectivity index (χ3n) is 4.60. The van der Waals surface area contributed by atoms with E-state index >= 15 is 0 Å². The predicted octanol–water partition coefficient (Wildman–Crippen LogP) is 5.08. The van der Waals surface area contributed by atoms with Crippen molar-refractivity contribution in [1.82, 2.24) is 0 Å². The summed E-state index contributed by atoms with van der Waals surface area (Å²) in [6, 6.07) is 16.5. The summed E-state index contributed by atoms with van der Waals surface area (Å²) in [5, 5.41) is 12.4. The molecule has 30 heavy (non-hydrogen) atoms. The van der Waals surface area contributed by atoms with Crippen molar-refractivity contribution in [1.29, 1.82) is 5.26 Å². The number of ketones is 1. The highest BCUT2D eigenvalue weighted by Gasteiger charge is 2.28. The number of carbonyl (C=O) groups excluding carboxylic acids is 2. The van der Waals surface area contributed by atoms with E-state index in [0.29, 0.717) is 12.1 Å². The van der Waals surface area contributed by atoms with Crippen molar-refractivity contribution < 1.29 is 14.3 Å². The van der Waals surface area contributed by atoms with E-state index < -0.39 is 11.7 Å². The number of aryl methyl sites for hydroxylation is 1. The number of nitrogens with one attached hydrogen (secondary N) is 1. The van der Waals surface area contributed by atoms with Crippen LogP contribution in [-0.4, -0.2) is 24.0 Å². The van der Waals surface area contributed by atoms with E-state index in [4.69, 9.17) is 4.74 Å². The number of Topliss-reactive ketones (excluding diaryl/α,β-unsaturated/α-hetero) is 1. The minimum absolute atomic E-state index is 0.0126. The molecule has 0 bridgehead atoms. The molecule has 0 radical (unpaired) electrons. The number of benzene rings is 2. The highest BCUT2D eigenvalue weighted by molar-refractivity contribution is 6.11. The van der Waals surface area contributed by atoms with Gasteiger partial charge in [-0.3, -0.25) is 9.69 Å². The molecule has 0 fully saturated rings. The van der Waals surface area contributed by atoms with Gasteiger partial charge in [0.2, 0.25) is 5.78 Å². The molecule has 0 spiro atoms. The molecule has 6 nitrogen and oxygen atoms in total. The summed E-state index contributed by atoms with van der Waals surface area (Å²) in [5.74, 6) is -0.363. The quantitative estimate of drug-likeness (QED) is 0.437. The van der Waals surface area contributed by atoms with Crippen LogP contribution in [0.25, 0.3) is 0 Å². The number of hydrogen-bond donors (Lipinski definition) is 1. The Hall–Kier alpha value is -3.59. The topological polar surface area (TPSA) is 82.4 Å². The second kappa shape index (κ2) is 8.83. The molecule has 6 heteroatoms. The van der Waals surface area contributed by atoms with E-state index in [1.54, 1.807) is 23.1 Å². The van der Waals surface area contributed by atoms with Crippen LogP contribution in [0.4, 0.5) is 16.2 Å². The first kappa shape index (κ1) is 21.1. The molecule has 3 rings (SSSR count). The normalized spacial score (nSPS) is 13.8. The van der Waals surface area contributed by atoms with E-state index in [0.717, 1.165) is 29.8 Å². The third-order valence-corrected chi connectivity index (χ3v) is 4.60. The van der Waals surface area contributed by atoms with Crippen molar-refractivity contribution in [2.45, 2.75) is 39.2 Å². The standard InChI is InChI=1S/C24H25N3O3/c1-24(2,3)30-23(29)27-13-7-8-17-14-18(11-12-21(17)27)22(28)19(15-25)16-26-20-9-5-4-6-10-20/h4-6,9-12,14,16,26H,7-8,13H2,1-3H3/b19-16+. The first-order valence-corrected chi connectivity index (χ1v) is 9.88. The Bertz CT molecular complexity index is 1010. The summed E-state index contributed by atoms with van der Waals surface area (Å²) in [4.78, 5) is 27.0. The second-order valence-electron chi connectivity index (χ2n) is 8.09. The minimum atomic E-state index is -0.581. The summed E-state index contributed by atoms with van der Waals surface area (Å²) in [6.07, 6.45) is 2.56. The molecular formula is C24H25N3O3. The lowest BCUT2D eigenvalue weighted by Gasteiger charge is -2.31. The Kier molecular flexibility index (Phi) is 6.22. The van der Waals surface area contributed by atoms with Crippen LogP contribution in [0.5, 0.6) is 0 Å². The molecule has 1 N–H and O–H groups in total. The number of allylic oxidation sites excluding steroid dienone is 1. The molecule has 0 saturated carbocycles. The SMILES string of the molecule is CC(C)(C)OC(=O)N1CCCc2cc(C(=O)/C(C#N)=C/Nc3ccccc3)ccc21. The maximum absolute atomic E-state index is 12.8. The van der Waals surface area contributed by atoms with Gasteiger partial charge in [0.05, 0.1) is 5.69 Å². The molecule has 0 aliphatic carbocycles. The Labute approximate surface area is 176 Å². The maximum atomic E-state index is 12.8. The zero-order chi connectivity index (χ0) is 21.7. The molecular weight excluding hydrogens is 378 g/mol. The van der Waals surface area contributed by atoms with Crippen LogP contribution in [-0.2, 0) is 11.2 Å². The number of anilines is 2. The van der Waals surface area contributed by atoms with Gasteiger partial charge in [0, 0.05) is 24.0 Å². The number of nitriles is 1. The van der Waals surface area contributed by atoms with Gasteiger partial charge in [-0.2, -0.15) is 5.26 Å². The Morgan fingerprint density at radius 1 is 1.17 bits per heavy atom. The van der Waals surface area contributed by atoms with Crippen LogP contribution >= 0.6 is 0 Å². The van der Waals surface area contributed by atoms with Gasteiger partial charge in [-0.05, 0) is 69.5 Å². The lowest BCUT2D eigenvalue weighted by atomic mass is 9.96. The number of rotatable bonds is 4. The van der Waals surface area contributed by atoms with Gasteiger partial charge in [-0.1, -0.05) is 18.2 Å². The molecule has 154 valence electrons. The summed E-state index contributed by atoms with van der Waals surface area (Å²) >= 11 is 0. The van der Waals surface area contributed by atoms with Crippen LogP contribution in [0.3, 0.4) is 0 Å². The van der Waals surface area contributed by atoms with Crippen molar-refractivity contribution in [2.24, 2.45) is 0 Å². The number of amides is 1. The van der Waals surface area contributed by atoms with E-state index in [9.17, 15) is 14.9 Å².